The van der Waals surface area contributed by atoms with Crippen molar-refractivity contribution in [2.24, 2.45) is 0 Å². The van der Waals surface area contributed by atoms with Gasteiger partial charge in [0.05, 0.1) is 17.3 Å². The van der Waals surface area contributed by atoms with E-state index in [9.17, 15) is 17.6 Å². The molecule has 84 valence electrons. The molecular weight excluding hydrogens is 236 g/mol. The van der Waals surface area contributed by atoms with Gasteiger partial charge in [0, 0.05) is 12.4 Å². The molecule has 1 N–H and O–H groups in total. The summed E-state index contributed by atoms with van der Waals surface area (Å²) in [7, 11) is 0. The largest absolute Gasteiger partial charge is 0.377 e. The lowest BCUT2D eigenvalue weighted by Crippen LogP contribution is -2.34. The lowest BCUT2D eigenvalue weighted by molar-refractivity contribution is -0.117. The Morgan fingerprint density at radius 3 is 2.67 bits per heavy atom. The molecule has 0 spiro atoms. The van der Waals surface area contributed by atoms with Crippen molar-refractivity contribution in [3.05, 3.63) is 23.5 Å². The molecule has 7 heteroatoms. The summed E-state index contributed by atoms with van der Waals surface area (Å²) in [5.74, 6) is -4.08. The molecule has 0 aliphatic carbocycles. The summed E-state index contributed by atoms with van der Waals surface area (Å²) in [4.78, 5) is 3.62. The molecule has 0 saturated carbocycles. The van der Waals surface area contributed by atoms with Crippen LogP contribution in [0.4, 0.5) is 23.2 Å². The average Bonchev–Trinajstić information content (AvgIpc) is 2.16. The summed E-state index contributed by atoms with van der Waals surface area (Å²) in [6, 6.07) is 1.32. The van der Waals surface area contributed by atoms with Crippen molar-refractivity contribution in [1.29, 1.82) is 0 Å². The predicted molar refractivity (Wildman–Crippen MR) is 48.7 cm³/mol. The van der Waals surface area contributed by atoms with Gasteiger partial charge in [0.15, 0.2) is 0 Å². The van der Waals surface area contributed by atoms with Crippen molar-refractivity contribution < 1.29 is 17.6 Å². The van der Waals surface area contributed by atoms with Gasteiger partial charge in [0.1, 0.15) is 0 Å². The standard InChI is InChI=1S/C8H7ClF4N2/c9-5-3-14-2-1-6(5)15-4-8(12,13)7(10)11/h1-3,7H,4H2,(H,14,15). The van der Waals surface area contributed by atoms with Crippen molar-refractivity contribution in [3.63, 3.8) is 0 Å². The van der Waals surface area contributed by atoms with E-state index in [0.717, 1.165) is 0 Å². The fourth-order valence-electron chi connectivity index (χ4n) is 0.809. The quantitative estimate of drug-likeness (QED) is 0.821. The molecule has 0 unspecified atom stereocenters. The molecule has 1 aromatic heterocycles. The van der Waals surface area contributed by atoms with Gasteiger partial charge in [-0.25, -0.2) is 8.78 Å². The van der Waals surface area contributed by atoms with E-state index >= 15 is 0 Å². The molecule has 0 fully saturated rings. The zero-order valence-electron chi connectivity index (χ0n) is 7.35. The van der Waals surface area contributed by atoms with Crippen molar-refractivity contribution in [1.82, 2.24) is 4.98 Å². The van der Waals surface area contributed by atoms with E-state index in [1.807, 2.05) is 0 Å². The maximum absolute atomic E-state index is 12.5. The molecule has 1 aromatic rings. The van der Waals surface area contributed by atoms with Gasteiger partial charge in [-0.3, -0.25) is 4.98 Å². The number of hydrogen-bond acceptors (Lipinski definition) is 2. The van der Waals surface area contributed by atoms with Gasteiger partial charge in [-0.15, -0.1) is 0 Å². The van der Waals surface area contributed by atoms with Crippen molar-refractivity contribution in [2.75, 3.05) is 11.9 Å². The van der Waals surface area contributed by atoms with Crippen molar-refractivity contribution in [3.8, 4) is 0 Å². The Balaban J connectivity index is 2.62. The number of nitrogens with one attached hydrogen (secondary N) is 1. The van der Waals surface area contributed by atoms with Crippen molar-refractivity contribution in [2.45, 2.75) is 12.3 Å². The summed E-state index contributed by atoms with van der Waals surface area (Å²) >= 11 is 5.58. The Morgan fingerprint density at radius 2 is 2.13 bits per heavy atom. The highest BCUT2D eigenvalue weighted by molar-refractivity contribution is 6.33. The molecular formula is C8H7ClF4N2. The van der Waals surface area contributed by atoms with E-state index in [4.69, 9.17) is 11.6 Å². The second kappa shape index (κ2) is 4.65. The normalized spacial score (nSPS) is 11.9. The molecule has 1 rings (SSSR count). The Kier molecular flexibility index (Phi) is 3.73. The second-order valence-electron chi connectivity index (χ2n) is 2.77. The molecule has 0 atom stereocenters. The fourth-order valence-corrected chi connectivity index (χ4v) is 0.995. The third-order valence-corrected chi connectivity index (χ3v) is 1.91. The van der Waals surface area contributed by atoms with Crippen LogP contribution in [0.15, 0.2) is 18.5 Å². The van der Waals surface area contributed by atoms with Crippen LogP contribution in [0.5, 0.6) is 0 Å². The third kappa shape index (κ3) is 3.23. The van der Waals surface area contributed by atoms with E-state index in [-0.39, 0.29) is 10.7 Å². The molecule has 0 aliphatic heterocycles. The Morgan fingerprint density at radius 1 is 1.47 bits per heavy atom. The lowest BCUT2D eigenvalue weighted by Gasteiger charge is -2.16. The highest BCUT2D eigenvalue weighted by Crippen LogP contribution is 2.25. The molecule has 0 aromatic carbocycles. The topological polar surface area (TPSA) is 24.9 Å². The number of pyridine rings is 1. The summed E-state index contributed by atoms with van der Waals surface area (Å²) in [6.07, 6.45) is -1.16. The van der Waals surface area contributed by atoms with Crippen LogP contribution in [0, 0.1) is 0 Å². The van der Waals surface area contributed by atoms with Crippen LogP contribution in [0.1, 0.15) is 0 Å². The molecule has 2 nitrogen and oxygen atoms in total. The molecule has 0 bridgehead atoms. The van der Waals surface area contributed by atoms with Crippen LogP contribution in [0.3, 0.4) is 0 Å². The number of anilines is 1. The van der Waals surface area contributed by atoms with E-state index in [2.05, 4.69) is 10.3 Å². The second-order valence-corrected chi connectivity index (χ2v) is 3.18. The Bertz CT molecular complexity index is 332. The highest BCUT2D eigenvalue weighted by Gasteiger charge is 2.40. The first-order chi connectivity index (χ1) is 6.93. The fraction of sp³-hybridized carbons (Fsp3) is 0.375. The molecule has 1 heterocycles. The maximum Gasteiger partial charge on any atom is 0.324 e. The highest BCUT2D eigenvalue weighted by atomic mass is 35.5. The van der Waals surface area contributed by atoms with Gasteiger partial charge in [0.25, 0.3) is 0 Å². The van der Waals surface area contributed by atoms with Crippen molar-refractivity contribution >= 4 is 17.3 Å². The van der Waals surface area contributed by atoms with Crippen LogP contribution >= 0.6 is 11.6 Å². The summed E-state index contributed by atoms with van der Waals surface area (Å²) in [5.41, 5.74) is 0.145. The van der Waals surface area contributed by atoms with Crippen LogP contribution < -0.4 is 5.32 Å². The first-order valence-corrected chi connectivity index (χ1v) is 4.30. The van der Waals surface area contributed by atoms with Gasteiger partial charge < -0.3 is 5.32 Å². The number of halogens is 5. The molecule has 15 heavy (non-hydrogen) atoms. The smallest absolute Gasteiger partial charge is 0.324 e. The maximum atomic E-state index is 12.5. The average molecular weight is 243 g/mol. The molecule has 0 radical (unpaired) electrons. The molecule has 0 saturated heterocycles. The van der Waals surface area contributed by atoms with E-state index in [1.54, 1.807) is 0 Å². The van der Waals surface area contributed by atoms with E-state index in [1.165, 1.54) is 18.5 Å². The molecule has 0 aliphatic rings. The SMILES string of the molecule is FC(F)C(F)(F)CNc1ccncc1Cl. The van der Waals surface area contributed by atoms with Crippen LogP contribution in [0.2, 0.25) is 5.02 Å². The first kappa shape index (κ1) is 12.0. The van der Waals surface area contributed by atoms with Crippen LogP contribution in [-0.2, 0) is 0 Å². The Hall–Kier alpha value is -1.04. The lowest BCUT2D eigenvalue weighted by atomic mass is 10.3. The van der Waals surface area contributed by atoms with Gasteiger partial charge in [-0.1, -0.05) is 11.6 Å². The monoisotopic (exact) mass is 242 g/mol. The van der Waals surface area contributed by atoms with Gasteiger partial charge >= 0.3 is 12.3 Å². The molecule has 0 amide bonds. The minimum Gasteiger partial charge on any atom is -0.377 e. The summed E-state index contributed by atoms with van der Waals surface area (Å²) in [5, 5.41) is 2.23. The number of hydrogen-bond donors (Lipinski definition) is 1. The zero-order valence-corrected chi connectivity index (χ0v) is 8.11. The van der Waals surface area contributed by atoms with Gasteiger partial charge in [-0.2, -0.15) is 8.78 Å². The minimum absolute atomic E-state index is 0.0996. The predicted octanol–water partition coefficient (Wildman–Crippen LogP) is 3.05. The number of rotatable bonds is 4. The minimum atomic E-state index is -4.08. The van der Waals surface area contributed by atoms with Gasteiger partial charge in [-0.05, 0) is 6.07 Å². The number of aromatic nitrogens is 1. The number of alkyl halides is 4. The Labute approximate surface area is 88.3 Å². The number of nitrogens with zero attached hydrogens (tertiary/aromatic N) is 1. The third-order valence-electron chi connectivity index (χ3n) is 1.61. The van der Waals surface area contributed by atoms with Crippen LogP contribution in [0.25, 0.3) is 0 Å². The zero-order chi connectivity index (χ0) is 11.5. The van der Waals surface area contributed by atoms with E-state index in [0.29, 0.717) is 0 Å². The van der Waals surface area contributed by atoms with E-state index < -0.39 is 18.9 Å². The summed E-state index contributed by atoms with van der Waals surface area (Å²) in [6.45, 7) is -1.17. The van der Waals surface area contributed by atoms with Crippen LogP contribution in [-0.4, -0.2) is 23.9 Å². The summed E-state index contributed by atoms with van der Waals surface area (Å²) < 4.78 is 48.5. The first-order valence-electron chi connectivity index (χ1n) is 3.93. The van der Waals surface area contributed by atoms with Gasteiger partial charge in [0.2, 0.25) is 0 Å².